The standard InChI is InChI=1S/C36H69N3O2/c1-3-5-7-9-11-12-13-14-15-16-17-18-20-25-30-39-34(26-22-19-10-8-6-4-2)33(32-35(39)40)36(41)37-27-31-38-28-23-21-24-29-38/h33-34H,3-32H2,1-2H3,(H,37,41)/t33-,34+/m0/s1. The van der Waals surface area contributed by atoms with Crippen LogP contribution < -0.4 is 5.32 Å². The van der Waals surface area contributed by atoms with Crippen LogP contribution in [0.15, 0.2) is 0 Å². The van der Waals surface area contributed by atoms with E-state index < -0.39 is 0 Å². The van der Waals surface area contributed by atoms with Gasteiger partial charge in [-0.25, -0.2) is 0 Å². The van der Waals surface area contributed by atoms with Gasteiger partial charge in [0.2, 0.25) is 11.8 Å². The number of rotatable bonds is 26. The second kappa shape index (κ2) is 24.4. The quantitative estimate of drug-likeness (QED) is 0.105. The van der Waals surface area contributed by atoms with Crippen molar-refractivity contribution in [2.75, 3.05) is 32.7 Å². The van der Waals surface area contributed by atoms with Gasteiger partial charge < -0.3 is 15.1 Å². The molecule has 0 bridgehead atoms. The van der Waals surface area contributed by atoms with Crippen LogP contribution in [0.2, 0.25) is 0 Å². The van der Waals surface area contributed by atoms with E-state index in [0.717, 1.165) is 45.4 Å². The molecule has 0 radical (unpaired) electrons. The molecular weight excluding hydrogens is 506 g/mol. The van der Waals surface area contributed by atoms with Crippen LogP contribution in [0.3, 0.4) is 0 Å². The number of nitrogens with zero attached hydrogens (tertiary/aromatic N) is 2. The number of carbonyl (C=O) groups is 2. The van der Waals surface area contributed by atoms with E-state index in [1.165, 1.54) is 135 Å². The van der Waals surface area contributed by atoms with Crippen LogP contribution >= 0.6 is 0 Å². The Hall–Kier alpha value is -1.10. The summed E-state index contributed by atoms with van der Waals surface area (Å²) in [6.45, 7) is 9.36. The zero-order chi connectivity index (χ0) is 29.4. The first-order valence-electron chi connectivity index (χ1n) is 18.5. The van der Waals surface area contributed by atoms with Crippen molar-refractivity contribution in [3.05, 3.63) is 0 Å². The average Bonchev–Trinajstić information content (AvgIpc) is 3.30. The van der Waals surface area contributed by atoms with Gasteiger partial charge >= 0.3 is 0 Å². The number of likely N-dealkylation sites (tertiary alicyclic amines) is 2. The van der Waals surface area contributed by atoms with Crippen LogP contribution in [0, 0.1) is 5.92 Å². The number of hydrogen-bond acceptors (Lipinski definition) is 3. The predicted molar refractivity (Wildman–Crippen MR) is 175 cm³/mol. The molecule has 2 fully saturated rings. The summed E-state index contributed by atoms with van der Waals surface area (Å²) in [7, 11) is 0. The molecule has 2 rings (SSSR count). The number of carbonyl (C=O) groups excluding carboxylic acids is 2. The Morgan fingerprint density at radius 3 is 1.68 bits per heavy atom. The van der Waals surface area contributed by atoms with Crippen molar-refractivity contribution in [1.29, 1.82) is 0 Å². The van der Waals surface area contributed by atoms with Gasteiger partial charge in [0.25, 0.3) is 0 Å². The van der Waals surface area contributed by atoms with Crippen LogP contribution in [0.25, 0.3) is 0 Å². The molecule has 2 saturated heterocycles. The highest BCUT2D eigenvalue weighted by atomic mass is 16.2. The van der Waals surface area contributed by atoms with Gasteiger partial charge in [-0.15, -0.1) is 0 Å². The van der Waals surface area contributed by atoms with Gasteiger partial charge in [-0.1, -0.05) is 142 Å². The van der Waals surface area contributed by atoms with Crippen molar-refractivity contribution in [3.63, 3.8) is 0 Å². The minimum atomic E-state index is -0.161. The van der Waals surface area contributed by atoms with Gasteiger partial charge in [0.15, 0.2) is 0 Å². The lowest BCUT2D eigenvalue weighted by molar-refractivity contribution is -0.129. The summed E-state index contributed by atoms with van der Waals surface area (Å²) >= 11 is 0. The normalized spacial score (nSPS) is 19.8. The van der Waals surface area contributed by atoms with Gasteiger partial charge in [-0.3, -0.25) is 9.59 Å². The number of hydrogen-bond donors (Lipinski definition) is 1. The van der Waals surface area contributed by atoms with Crippen molar-refractivity contribution in [1.82, 2.24) is 15.1 Å². The summed E-state index contributed by atoms with van der Waals surface area (Å²) in [4.78, 5) is 30.9. The number of nitrogens with one attached hydrogen (secondary N) is 1. The number of unbranched alkanes of at least 4 members (excludes halogenated alkanes) is 18. The van der Waals surface area contributed by atoms with Crippen molar-refractivity contribution in [2.45, 2.75) is 180 Å². The third kappa shape index (κ3) is 16.4. The van der Waals surface area contributed by atoms with E-state index in [1.54, 1.807) is 0 Å². The maximum atomic E-state index is 13.3. The van der Waals surface area contributed by atoms with Crippen LogP contribution in [-0.2, 0) is 9.59 Å². The minimum Gasteiger partial charge on any atom is -0.354 e. The van der Waals surface area contributed by atoms with E-state index in [9.17, 15) is 9.59 Å². The summed E-state index contributed by atoms with van der Waals surface area (Å²) in [5, 5.41) is 3.22. The van der Waals surface area contributed by atoms with Gasteiger partial charge in [0.05, 0.1) is 5.92 Å². The molecule has 5 nitrogen and oxygen atoms in total. The Kier molecular flexibility index (Phi) is 21.4. The van der Waals surface area contributed by atoms with Crippen LogP contribution in [-0.4, -0.2) is 60.4 Å². The lowest BCUT2D eigenvalue weighted by Crippen LogP contribution is -2.43. The second-order valence-electron chi connectivity index (χ2n) is 13.3. The molecule has 0 aromatic carbocycles. The Morgan fingerprint density at radius 1 is 0.659 bits per heavy atom. The Bertz CT molecular complexity index is 649. The van der Waals surface area contributed by atoms with E-state index in [2.05, 4.69) is 29.0 Å². The van der Waals surface area contributed by atoms with E-state index >= 15 is 0 Å². The van der Waals surface area contributed by atoms with Crippen molar-refractivity contribution < 1.29 is 9.59 Å². The summed E-state index contributed by atoms with van der Waals surface area (Å²) in [6.07, 6.45) is 31.7. The van der Waals surface area contributed by atoms with E-state index in [1.807, 2.05) is 0 Å². The summed E-state index contributed by atoms with van der Waals surface area (Å²) in [5.41, 5.74) is 0. The lowest BCUT2D eigenvalue weighted by atomic mass is 9.93. The smallest absolute Gasteiger partial charge is 0.225 e. The Morgan fingerprint density at radius 2 is 1.15 bits per heavy atom. The molecule has 0 saturated carbocycles. The van der Waals surface area contributed by atoms with Crippen LogP contribution in [0.4, 0.5) is 0 Å². The van der Waals surface area contributed by atoms with Gasteiger partial charge in [0.1, 0.15) is 0 Å². The molecule has 240 valence electrons. The molecule has 5 heteroatoms. The molecule has 2 aliphatic rings. The molecule has 2 heterocycles. The van der Waals surface area contributed by atoms with Crippen LogP contribution in [0.5, 0.6) is 0 Å². The monoisotopic (exact) mass is 576 g/mol. The first-order valence-corrected chi connectivity index (χ1v) is 18.5. The number of amides is 2. The fraction of sp³-hybridized carbons (Fsp3) is 0.944. The predicted octanol–water partition coefficient (Wildman–Crippen LogP) is 9.04. The molecule has 2 amide bonds. The maximum absolute atomic E-state index is 13.3. The molecule has 0 aliphatic carbocycles. The minimum absolute atomic E-state index is 0.102. The van der Waals surface area contributed by atoms with E-state index in [-0.39, 0.29) is 23.8 Å². The highest BCUT2D eigenvalue weighted by Gasteiger charge is 2.42. The molecule has 0 aromatic rings. The average molecular weight is 576 g/mol. The topological polar surface area (TPSA) is 52.7 Å². The van der Waals surface area contributed by atoms with Gasteiger partial charge in [-0.05, 0) is 38.8 Å². The highest BCUT2D eigenvalue weighted by molar-refractivity contribution is 5.90. The molecule has 0 aromatic heterocycles. The van der Waals surface area contributed by atoms with Gasteiger partial charge in [-0.2, -0.15) is 0 Å². The zero-order valence-corrected chi connectivity index (χ0v) is 27.6. The molecule has 0 spiro atoms. The molecule has 41 heavy (non-hydrogen) atoms. The third-order valence-corrected chi connectivity index (χ3v) is 9.70. The first-order chi connectivity index (χ1) is 20.2. The zero-order valence-electron chi connectivity index (χ0n) is 27.6. The van der Waals surface area contributed by atoms with E-state index in [0.29, 0.717) is 13.0 Å². The molecule has 0 unspecified atom stereocenters. The molecule has 2 atom stereocenters. The van der Waals surface area contributed by atoms with Crippen LogP contribution in [0.1, 0.15) is 174 Å². The molecular formula is C36H69N3O2. The summed E-state index contributed by atoms with van der Waals surface area (Å²) in [6, 6.07) is 0.102. The SMILES string of the molecule is CCCCCCCCCCCCCCCCN1C(=O)C[C@H](C(=O)NCCN2CCCCC2)[C@H]1CCCCCCCC. The summed E-state index contributed by atoms with van der Waals surface area (Å²) < 4.78 is 0. The second-order valence-corrected chi connectivity index (χ2v) is 13.3. The largest absolute Gasteiger partial charge is 0.354 e. The maximum Gasteiger partial charge on any atom is 0.225 e. The van der Waals surface area contributed by atoms with Crippen molar-refractivity contribution in [2.24, 2.45) is 5.92 Å². The number of piperidine rings is 1. The van der Waals surface area contributed by atoms with Crippen molar-refractivity contribution >= 4 is 11.8 Å². The molecule has 1 N–H and O–H groups in total. The van der Waals surface area contributed by atoms with Crippen molar-refractivity contribution in [3.8, 4) is 0 Å². The lowest BCUT2D eigenvalue weighted by Gasteiger charge is -2.29. The Labute approximate surface area is 255 Å². The third-order valence-electron chi connectivity index (χ3n) is 9.70. The van der Waals surface area contributed by atoms with Gasteiger partial charge in [0, 0.05) is 32.1 Å². The Balaban J connectivity index is 1.66. The first kappa shape index (κ1) is 36.1. The highest BCUT2D eigenvalue weighted by Crippen LogP contribution is 2.30. The summed E-state index contributed by atoms with van der Waals surface area (Å²) in [5.74, 6) is 0.174. The fourth-order valence-corrected chi connectivity index (χ4v) is 7.02. The fourth-order valence-electron chi connectivity index (χ4n) is 7.02. The van der Waals surface area contributed by atoms with E-state index in [4.69, 9.17) is 0 Å². The molecule has 2 aliphatic heterocycles.